The fourth-order valence-electron chi connectivity index (χ4n) is 1.59. The number of hydrogen-bond acceptors (Lipinski definition) is 6. The van der Waals surface area contributed by atoms with Crippen LogP contribution < -0.4 is 5.32 Å². The molecule has 4 nitrogen and oxygen atoms in total. The highest BCUT2D eigenvalue weighted by Gasteiger charge is 2.29. The van der Waals surface area contributed by atoms with E-state index < -0.39 is 0 Å². The minimum Gasteiger partial charge on any atom is -0.338 e. The van der Waals surface area contributed by atoms with Gasteiger partial charge < -0.3 is 9.84 Å². The van der Waals surface area contributed by atoms with Crippen LogP contribution in [0.5, 0.6) is 0 Å². The Morgan fingerprint density at radius 3 is 2.94 bits per heavy atom. The van der Waals surface area contributed by atoms with Gasteiger partial charge in [0.1, 0.15) is 0 Å². The molecular weight excluding hydrogens is 254 g/mol. The average Bonchev–Trinajstić information content (AvgIpc) is 2.79. The van der Waals surface area contributed by atoms with E-state index in [4.69, 9.17) is 4.52 Å². The number of rotatable bonds is 4. The molecule has 1 aliphatic rings. The Bertz CT molecular complexity index is 358. The van der Waals surface area contributed by atoms with Crippen LogP contribution in [0.3, 0.4) is 0 Å². The van der Waals surface area contributed by atoms with Gasteiger partial charge in [0.05, 0.1) is 5.25 Å². The van der Waals surface area contributed by atoms with Crippen molar-refractivity contribution in [1.82, 2.24) is 10.1 Å². The lowest BCUT2D eigenvalue weighted by Crippen LogP contribution is -2.22. The number of anilines is 1. The van der Waals surface area contributed by atoms with Crippen molar-refractivity contribution in [2.24, 2.45) is 0 Å². The number of aromatic nitrogens is 2. The third-order valence-corrected chi connectivity index (χ3v) is 6.19. The molecule has 0 saturated carbocycles. The molecule has 0 bridgehead atoms. The van der Waals surface area contributed by atoms with E-state index in [0.717, 1.165) is 24.5 Å². The second kappa shape index (κ2) is 6.00. The maximum absolute atomic E-state index is 5.19. The third-order valence-electron chi connectivity index (χ3n) is 2.81. The number of thioether (sulfide) groups is 2. The first-order chi connectivity index (χ1) is 8.20. The first-order valence-electron chi connectivity index (χ1n) is 6.05. The van der Waals surface area contributed by atoms with Gasteiger partial charge in [0.15, 0.2) is 5.82 Å². The van der Waals surface area contributed by atoms with Crippen LogP contribution in [-0.2, 0) is 0 Å². The van der Waals surface area contributed by atoms with Gasteiger partial charge in [-0.2, -0.15) is 16.7 Å². The van der Waals surface area contributed by atoms with Crippen LogP contribution >= 0.6 is 23.5 Å². The van der Waals surface area contributed by atoms with Crippen LogP contribution in [0.4, 0.5) is 6.01 Å². The van der Waals surface area contributed by atoms with Gasteiger partial charge in [0, 0.05) is 22.8 Å². The lowest BCUT2D eigenvalue weighted by atomic mass is 10.3. The number of nitrogens with one attached hydrogen (secondary N) is 1. The summed E-state index contributed by atoms with van der Waals surface area (Å²) in [7, 11) is 0. The monoisotopic (exact) mass is 273 g/mol. The Morgan fingerprint density at radius 1 is 1.41 bits per heavy atom. The summed E-state index contributed by atoms with van der Waals surface area (Å²) in [6, 6.07) is 0.554. The second-order valence-corrected chi connectivity index (χ2v) is 7.25. The van der Waals surface area contributed by atoms with Gasteiger partial charge in [-0.15, -0.1) is 11.8 Å². The van der Waals surface area contributed by atoms with Gasteiger partial charge in [-0.1, -0.05) is 25.9 Å². The Labute approximate surface area is 111 Å². The molecular formula is C11H19N3OS2. The van der Waals surface area contributed by atoms with Crippen molar-refractivity contribution in [3.8, 4) is 0 Å². The minimum atomic E-state index is 0.368. The van der Waals surface area contributed by atoms with Crippen molar-refractivity contribution in [1.29, 1.82) is 0 Å². The largest absolute Gasteiger partial charge is 0.338 e. The summed E-state index contributed by atoms with van der Waals surface area (Å²) in [4.78, 5) is 4.41. The zero-order valence-corrected chi connectivity index (χ0v) is 12.1. The fourth-order valence-corrected chi connectivity index (χ4v) is 4.42. The Morgan fingerprint density at radius 2 is 2.24 bits per heavy atom. The van der Waals surface area contributed by atoms with Crippen molar-refractivity contribution in [2.45, 2.75) is 42.9 Å². The molecule has 6 heteroatoms. The molecule has 3 atom stereocenters. The molecule has 1 saturated heterocycles. The highest BCUT2D eigenvalue weighted by Crippen LogP contribution is 2.43. The predicted octanol–water partition coefficient (Wildman–Crippen LogP) is 3.19. The second-order valence-electron chi connectivity index (χ2n) is 4.25. The lowest BCUT2D eigenvalue weighted by Gasteiger charge is -2.29. The predicted molar refractivity (Wildman–Crippen MR) is 74.8 cm³/mol. The van der Waals surface area contributed by atoms with E-state index in [1.54, 1.807) is 0 Å². The van der Waals surface area contributed by atoms with Crippen LogP contribution in [0.2, 0.25) is 0 Å². The zero-order chi connectivity index (χ0) is 12.3. The molecule has 0 amide bonds. The van der Waals surface area contributed by atoms with Gasteiger partial charge in [-0.05, 0) is 6.42 Å². The summed E-state index contributed by atoms with van der Waals surface area (Å²) >= 11 is 3.94. The molecule has 0 radical (unpaired) electrons. The highest BCUT2D eigenvalue weighted by molar-refractivity contribution is 8.07. The lowest BCUT2D eigenvalue weighted by molar-refractivity contribution is 0.423. The van der Waals surface area contributed by atoms with Gasteiger partial charge in [-0.25, -0.2) is 0 Å². The first-order valence-corrected chi connectivity index (χ1v) is 8.04. The molecule has 2 rings (SSSR count). The molecule has 3 unspecified atom stereocenters. The summed E-state index contributed by atoms with van der Waals surface area (Å²) in [6.45, 7) is 7.54. The van der Waals surface area contributed by atoms with Gasteiger partial charge in [-0.3, -0.25) is 0 Å². The van der Waals surface area contributed by atoms with Crippen molar-refractivity contribution < 1.29 is 4.52 Å². The SMILES string of the molecule is CCCNc1nc(C2CSC(C)C(C)S2)no1. The minimum absolute atomic E-state index is 0.368. The molecule has 2 heterocycles. The van der Waals surface area contributed by atoms with E-state index >= 15 is 0 Å². The summed E-state index contributed by atoms with van der Waals surface area (Å²) < 4.78 is 5.19. The summed E-state index contributed by atoms with van der Waals surface area (Å²) in [5.74, 6) is 1.91. The molecule has 0 aromatic carbocycles. The van der Waals surface area contributed by atoms with E-state index in [1.807, 2.05) is 23.5 Å². The van der Waals surface area contributed by atoms with E-state index in [0.29, 0.717) is 21.8 Å². The zero-order valence-electron chi connectivity index (χ0n) is 10.5. The molecule has 1 aromatic heterocycles. The summed E-state index contributed by atoms with van der Waals surface area (Å²) in [5, 5.41) is 8.91. The van der Waals surface area contributed by atoms with E-state index in [9.17, 15) is 0 Å². The summed E-state index contributed by atoms with van der Waals surface area (Å²) in [6.07, 6.45) is 1.06. The highest BCUT2D eigenvalue weighted by atomic mass is 32.2. The summed E-state index contributed by atoms with van der Waals surface area (Å²) in [5.41, 5.74) is 0. The first kappa shape index (κ1) is 13.1. The molecule has 17 heavy (non-hydrogen) atoms. The smallest absolute Gasteiger partial charge is 0.321 e. The maximum atomic E-state index is 5.19. The normalized spacial score (nSPS) is 29.2. The molecule has 1 aliphatic heterocycles. The number of hydrogen-bond donors (Lipinski definition) is 1. The standard InChI is InChI=1S/C11H19N3OS2/c1-4-5-12-11-13-10(14-15-11)9-6-16-7(2)8(3)17-9/h7-9H,4-6H2,1-3H3,(H,12,13,14). The Hall–Kier alpha value is -0.360. The van der Waals surface area contributed by atoms with E-state index in [2.05, 4.69) is 36.2 Å². The van der Waals surface area contributed by atoms with Crippen molar-refractivity contribution in [3.05, 3.63) is 5.82 Å². The quantitative estimate of drug-likeness (QED) is 0.909. The van der Waals surface area contributed by atoms with Crippen LogP contribution in [0, 0.1) is 0 Å². The Kier molecular flexibility index (Phi) is 4.62. The van der Waals surface area contributed by atoms with Crippen LogP contribution in [0.25, 0.3) is 0 Å². The molecule has 0 aliphatic carbocycles. The van der Waals surface area contributed by atoms with Gasteiger partial charge >= 0.3 is 6.01 Å². The molecule has 0 spiro atoms. The average molecular weight is 273 g/mol. The van der Waals surface area contributed by atoms with Crippen LogP contribution in [0.1, 0.15) is 38.3 Å². The van der Waals surface area contributed by atoms with E-state index in [-0.39, 0.29) is 0 Å². The third kappa shape index (κ3) is 3.31. The maximum Gasteiger partial charge on any atom is 0.321 e. The van der Waals surface area contributed by atoms with Gasteiger partial charge in [0.25, 0.3) is 0 Å². The van der Waals surface area contributed by atoms with E-state index in [1.165, 1.54) is 0 Å². The van der Waals surface area contributed by atoms with Crippen LogP contribution in [-0.4, -0.2) is 32.9 Å². The molecule has 96 valence electrons. The van der Waals surface area contributed by atoms with Crippen molar-refractivity contribution in [3.63, 3.8) is 0 Å². The topological polar surface area (TPSA) is 51.0 Å². The van der Waals surface area contributed by atoms with Crippen LogP contribution in [0.15, 0.2) is 4.52 Å². The van der Waals surface area contributed by atoms with Gasteiger partial charge in [0.2, 0.25) is 0 Å². The number of nitrogens with zero attached hydrogens (tertiary/aromatic N) is 2. The molecule has 1 aromatic rings. The molecule has 1 fully saturated rings. The Balaban J connectivity index is 1.95. The van der Waals surface area contributed by atoms with Crippen molar-refractivity contribution in [2.75, 3.05) is 17.6 Å². The fraction of sp³-hybridized carbons (Fsp3) is 0.818. The molecule has 1 N–H and O–H groups in total. The van der Waals surface area contributed by atoms with Crippen molar-refractivity contribution >= 4 is 29.5 Å².